The van der Waals surface area contributed by atoms with E-state index in [1.807, 2.05) is 24.3 Å². The molecule has 0 bridgehead atoms. The minimum Gasteiger partial charge on any atom is -0.465 e. The summed E-state index contributed by atoms with van der Waals surface area (Å²) in [6.45, 7) is 4.10. The first-order chi connectivity index (χ1) is 12.5. The number of rotatable bonds is 5. The summed E-state index contributed by atoms with van der Waals surface area (Å²) in [4.78, 5) is 25.6. The van der Waals surface area contributed by atoms with Crippen molar-refractivity contribution in [3.05, 3.63) is 34.9 Å². The Morgan fingerprint density at radius 2 is 2.08 bits per heavy atom. The topological polar surface area (TPSA) is 79.9 Å². The molecule has 0 aliphatic carbocycles. The Kier molecular flexibility index (Phi) is 6.34. The Bertz CT molecular complexity index is 640. The number of carbonyl (C=O) groups is 2. The van der Waals surface area contributed by atoms with Gasteiger partial charge in [0.15, 0.2) is 0 Å². The van der Waals surface area contributed by atoms with Crippen LogP contribution in [0.3, 0.4) is 0 Å². The van der Waals surface area contributed by atoms with Crippen molar-refractivity contribution < 1.29 is 19.1 Å². The maximum atomic E-state index is 11.9. The van der Waals surface area contributed by atoms with E-state index in [1.165, 1.54) is 0 Å². The third-order valence-corrected chi connectivity index (χ3v) is 4.95. The molecule has 2 aliphatic heterocycles. The van der Waals surface area contributed by atoms with Gasteiger partial charge in [0.2, 0.25) is 0 Å². The number of fused-ring (bicyclic) bond motifs is 1. The van der Waals surface area contributed by atoms with Crippen molar-refractivity contribution in [2.45, 2.75) is 31.5 Å². The van der Waals surface area contributed by atoms with Crippen LogP contribution in [0.1, 0.15) is 25.0 Å². The van der Waals surface area contributed by atoms with Gasteiger partial charge in [-0.25, -0.2) is 4.79 Å². The quantitative estimate of drug-likeness (QED) is 0.759. The highest BCUT2D eigenvalue weighted by atomic mass is 35.5. The molecule has 1 aromatic carbocycles. The summed E-state index contributed by atoms with van der Waals surface area (Å²) in [6.07, 6.45) is 0.847. The fourth-order valence-electron chi connectivity index (χ4n) is 3.46. The van der Waals surface area contributed by atoms with Crippen molar-refractivity contribution in [3.63, 3.8) is 0 Å². The largest absolute Gasteiger partial charge is 0.465 e. The number of morpholine rings is 1. The lowest BCUT2D eigenvalue weighted by Crippen LogP contribution is -2.45. The molecule has 26 heavy (non-hydrogen) atoms. The minimum absolute atomic E-state index is 0.0138. The summed E-state index contributed by atoms with van der Waals surface area (Å²) in [5.41, 5.74) is 1.11. The SMILES string of the molecule is CCOC(=O)CNC(=O)N[C@@H]1C[C@H]2CO[C@@H](c3ccc(Cl)cc3)CN2C1. The molecule has 7 nitrogen and oxygen atoms in total. The van der Waals surface area contributed by atoms with Crippen LogP contribution in [-0.4, -0.2) is 61.8 Å². The Labute approximate surface area is 158 Å². The number of amides is 2. The molecule has 1 aromatic rings. The van der Waals surface area contributed by atoms with E-state index in [-0.39, 0.29) is 24.7 Å². The van der Waals surface area contributed by atoms with E-state index in [9.17, 15) is 9.59 Å². The molecule has 2 aliphatic rings. The van der Waals surface area contributed by atoms with Gasteiger partial charge in [-0.3, -0.25) is 9.69 Å². The van der Waals surface area contributed by atoms with Crippen LogP contribution in [0, 0.1) is 0 Å². The predicted octanol–water partition coefficient (Wildman–Crippen LogP) is 1.72. The molecule has 2 saturated heterocycles. The normalized spacial score (nSPS) is 25.4. The molecule has 3 rings (SSSR count). The zero-order chi connectivity index (χ0) is 18.5. The molecule has 0 unspecified atom stereocenters. The molecule has 0 spiro atoms. The Morgan fingerprint density at radius 1 is 1.31 bits per heavy atom. The van der Waals surface area contributed by atoms with Gasteiger partial charge in [0.05, 0.1) is 19.3 Å². The van der Waals surface area contributed by atoms with Crippen molar-refractivity contribution in [2.75, 3.05) is 32.8 Å². The average molecular weight is 382 g/mol. The number of hydrogen-bond donors (Lipinski definition) is 2. The lowest BCUT2D eigenvalue weighted by Gasteiger charge is -2.35. The van der Waals surface area contributed by atoms with Crippen LogP contribution in [0.4, 0.5) is 4.79 Å². The Balaban J connectivity index is 1.46. The lowest BCUT2D eigenvalue weighted by atomic mass is 10.1. The van der Waals surface area contributed by atoms with Gasteiger partial charge >= 0.3 is 12.0 Å². The number of hydrogen-bond acceptors (Lipinski definition) is 5. The molecule has 0 saturated carbocycles. The maximum absolute atomic E-state index is 11.9. The third-order valence-electron chi connectivity index (χ3n) is 4.69. The van der Waals surface area contributed by atoms with E-state index in [0.717, 1.165) is 25.1 Å². The smallest absolute Gasteiger partial charge is 0.325 e. The van der Waals surface area contributed by atoms with Crippen LogP contribution in [-0.2, 0) is 14.3 Å². The number of nitrogens with zero attached hydrogens (tertiary/aromatic N) is 1. The molecule has 3 atom stereocenters. The van der Waals surface area contributed by atoms with Gasteiger partial charge in [0.1, 0.15) is 6.54 Å². The van der Waals surface area contributed by atoms with E-state index in [4.69, 9.17) is 21.1 Å². The predicted molar refractivity (Wildman–Crippen MR) is 97.1 cm³/mol. The highest BCUT2D eigenvalue weighted by Crippen LogP contribution is 2.30. The van der Waals surface area contributed by atoms with Gasteiger partial charge in [-0.1, -0.05) is 23.7 Å². The van der Waals surface area contributed by atoms with Gasteiger partial charge in [0.25, 0.3) is 0 Å². The van der Waals surface area contributed by atoms with Crippen LogP contribution in [0.25, 0.3) is 0 Å². The lowest BCUT2D eigenvalue weighted by molar-refractivity contribution is -0.141. The highest BCUT2D eigenvalue weighted by Gasteiger charge is 2.38. The number of halogens is 1. The first-order valence-corrected chi connectivity index (χ1v) is 9.24. The van der Waals surface area contributed by atoms with E-state index >= 15 is 0 Å². The Morgan fingerprint density at radius 3 is 2.81 bits per heavy atom. The second-order valence-corrected chi connectivity index (χ2v) is 6.98. The maximum Gasteiger partial charge on any atom is 0.325 e. The van der Waals surface area contributed by atoms with E-state index < -0.39 is 5.97 Å². The van der Waals surface area contributed by atoms with Crippen molar-refractivity contribution >= 4 is 23.6 Å². The summed E-state index contributed by atoms with van der Waals surface area (Å²) < 4.78 is 10.8. The summed E-state index contributed by atoms with van der Waals surface area (Å²) >= 11 is 5.94. The van der Waals surface area contributed by atoms with Crippen molar-refractivity contribution in [1.82, 2.24) is 15.5 Å². The van der Waals surface area contributed by atoms with Gasteiger partial charge < -0.3 is 20.1 Å². The third kappa shape index (κ3) is 4.87. The molecule has 8 heteroatoms. The van der Waals surface area contributed by atoms with E-state index in [2.05, 4.69) is 15.5 Å². The first kappa shape index (κ1) is 18.9. The average Bonchev–Trinajstić information content (AvgIpc) is 3.02. The Hall–Kier alpha value is -1.83. The second-order valence-electron chi connectivity index (χ2n) is 6.55. The molecule has 2 amide bonds. The molecular weight excluding hydrogens is 358 g/mol. The van der Waals surface area contributed by atoms with Crippen molar-refractivity contribution in [2.24, 2.45) is 0 Å². The minimum atomic E-state index is -0.439. The zero-order valence-electron chi connectivity index (χ0n) is 14.7. The standard InChI is InChI=1S/C18H24ClN3O4/c1-2-25-17(23)8-20-18(24)21-14-7-15-11-26-16(10-22(15)9-14)12-3-5-13(19)6-4-12/h3-6,14-16H,2,7-11H2,1H3,(H2,20,21,24)/t14-,15+,16-/m1/s1. The molecular formula is C18H24ClN3O4. The highest BCUT2D eigenvalue weighted by molar-refractivity contribution is 6.30. The number of benzene rings is 1. The number of urea groups is 1. The van der Waals surface area contributed by atoms with Crippen LogP contribution >= 0.6 is 11.6 Å². The molecule has 142 valence electrons. The molecule has 2 heterocycles. The number of nitrogens with one attached hydrogen (secondary N) is 2. The molecule has 0 radical (unpaired) electrons. The van der Waals surface area contributed by atoms with Gasteiger partial charge in [-0.05, 0) is 31.0 Å². The fourth-order valence-corrected chi connectivity index (χ4v) is 3.58. The van der Waals surface area contributed by atoms with Crippen molar-refractivity contribution in [3.8, 4) is 0 Å². The zero-order valence-corrected chi connectivity index (χ0v) is 15.5. The molecule has 2 fully saturated rings. The summed E-state index contributed by atoms with van der Waals surface area (Å²) in [5.74, 6) is -0.439. The number of esters is 1. The summed E-state index contributed by atoms with van der Waals surface area (Å²) in [6, 6.07) is 7.70. The molecule has 0 aromatic heterocycles. The van der Waals surface area contributed by atoms with Crippen molar-refractivity contribution in [1.29, 1.82) is 0 Å². The van der Waals surface area contributed by atoms with Crippen LogP contribution in [0.15, 0.2) is 24.3 Å². The van der Waals surface area contributed by atoms with Gasteiger partial charge in [0, 0.05) is 30.2 Å². The summed E-state index contributed by atoms with van der Waals surface area (Å²) in [5, 5.41) is 6.16. The van der Waals surface area contributed by atoms with Crippen LogP contribution in [0.5, 0.6) is 0 Å². The van der Waals surface area contributed by atoms with Crippen LogP contribution < -0.4 is 10.6 Å². The van der Waals surface area contributed by atoms with Gasteiger partial charge in [-0.15, -0.1) is 0 Å². The number of ether oxygens (including phenoxy) is 2. The van der Waals surface area contributed by atoms with Gasteiger partial charge in [-0.2, -0.15) is 0 Å². The second kappa shape index (κ2) is 8.70. The fraction of sp³-hybridized carbons (Fsp3) is 0.556. The molecule has 2 N–H and O–H groups in total. The van der Waals surface area contributed by atoms with Crippen LogP contribution in [0.2, 0.25) is 5.02 Å². The van der Waals surface area contributed by atoms with E-state index in [0.29, 0.717) is 24.3 Å². The van der Waals surface area contributed by atoms with E-state index in [1.54, 1.807) is 6.92 Å². The first-order valence-electron chi connectivity index (χ1n) is 8.86. The number of carbonyl (C=O) groups excluding carboxylic acids is 2. The summed E-state index contributed by atoms with van der Waals surface area (Å²) in [7, 11) is 0. The monoisotopic (exact) mass is 381 g/mol.